The van der Waals surface area contributed by atoms with Crippen LogP contribution in [0.1, 0.15) is 41.6 Å². The summed E-state index contributed by atoms with van der Waals surface area (Å²) in [5, 5.41) is 33.2. The average Bonchev–Trinajstić information content (AvgIpc) is 3.33. The first-order valence-electron chi connectivity index (χ1n) is 12.3. The molecule has 4 aliphatic heterocycles. The standard InChI is InChI=1S/C27H31N3O6/c1-12-6-15-7-16-18(9-28)30-17(22(29(16)4)20(15)13(2)23(12)34-5)8-27(33)21(19(30)10-31)25-24(35-11-36-25)14(3)26(27)32/h6,16-19,22,31,33H,7-8,10-11H2,1-5H3/t16?,17-,18-,19-,22-,27?/m0/s1. The third-order valence-corrected chi connectivity index (χ3v) is 9.03. The summed E-state index contributed by atoms with van der Waals surface area (Å²) in [7, 11) is 3.67. The zero-order valence-electron chi connectivity index (χ0n) is 21.2. The smallest absolute Gasteiger partial charge is 0.231 e. The van der Waals surface area contributed by atoms with Gasteiger partial charge >= 0.3 is 0 Å². The first-order valence-corrected chi connectivity index (χ1v) is 12.3. The second-order valence-electron chi connectivity index (χ2n) is 10.6. The van der Waals surface area contributed by atoms with Crippen LogP contribution in [0.25, 0.3) is 0 Å². The normalized spacial score (nSPS) is 35.3. The Hall–Kier alpha value is -2.90. The Bertz CT molecular complexity index is 1300. The molecule has 1 aromatic rings. The lowest BCUT2D eigenvalue weighted by molar-refractivity contribution is -0.150. The van der Waals surface area contributed by atoms with Crippen LogP contribution in [0.4, 0.5) is 0 Å². The second kappa shape index (κ2) is 7.80. The zero-order chi connectivity index (χ0) is 25.7. The summed E-state index contributed by atoms with van der Waals surface area (Å²) in [6, 6.07) is 2.57. The van der Waals surface area contributed by atoms with Crippen LogP contribution in [0.2, 0.25) is 0 Å². The van der Waals surface area contributed by atoms with E-state index in [1.54, 1.807) is 14.0 Å². The number of carbonyl (C=O) groups is 1. The highest BCUT2D eigenvalue weighted by molar-refractivity contribution is 6.06. The number of benzene rings is 1. The van der Waals surface area contributed by atoms with Crippen molar-refractivity contribution >= 4 is 5.78 Å². The molecule has 3 saturated heterocycles. The quantitative estimate of drug-likeness (QED) is 0.631. The van der Waals surface area contributed by atoms with E-state index in [0.717, 1.165) is 28.0 Å². The number of piperazine rings is 1. The van der Waals surface area contributed by atoms with Gasteiger partial charge in [-0.25, -0.2) is 0 Å². The van der Waals surface area contributed by atoms with E-state index in [4.69, 9.17) is 14.2 Å². The van der Waals surface area contributed by atoms with E-state index in [9.17, 15) is 20.3 Å². The maximum atomic E-state index is 13.6. The van der Waals surface area contributed by atoms with E-state index < -0.39 is 29.5 Å². The van der Waals surface area contributed by atoms with Crippen molar-refractivity contribution in [1.82, 2.24) is 9.80 Å². The van der Waals surface area contributed by atoms with Crippen LogP contribution >= 0.6 is 0 Å². The van der Waals surface area contributed by atoms with Crippen LogP contribution in [0.15, 0.2) is 28.7 Å². The number of aliphatic hydroxyl groups is 2. The van der Waals surface area contributed by atoms with Gasteiger partial charge in [-0.1, -0.05) is 6.07 Å². The number of rotatable bonds is 2. The lowest BCUT2D eigenvalue weighted by Crippen LogP contribution is -2.74. The van der Waals surface area contributed by atoms with Crippen molar-refractivity contribution in [2.75, 3.05) is 27.6 Å². The Balaban J connectivity index is 1.60. The van der Waals surface area contributed by atoms with Gasteiger partial charge in [-0.15, -0.1) is 0 Å². The van der Waals surface area contributed by atoms with Gasteiger partial charge in [-0.05, 0) is 56.5 Å². The molecule has 0 saturated carbocycles. The second-order valence-corrected chi connectivity index (χ2v) is 10.6. The Labute approximate surface area is 210 Å². The summed E-state index contributed by atoms with van der Waals surface area (Å²) in [5.41, 5.74) is 3.10. The third-order valence-electron chi connectivity index (χ3n) is 9.03. The number of piperidine rings is 1. The molecular weight excluding hydrogens is 462 g/mol. The number of methoxy groups -OCH3 is 1. The van der Waals surface area contributed by atoms with E-state index in [2.05, 4.69) is 17.0 Å². The molecule has 4 heterocycles. The predicted molar refractivity (Wildman–Crippen MR) is 128 cm³/mol. The zero-order valence-corrected chi connectivity index (χ0v) is 21.2. The molecule has 1 aromatic carbocycles. The molecule has 0 spiro atoms. The lowest BCUT2D eigenvalue weighted by atomic mass is 9.64. The molecule has 2 N–H and O–H groups in total. The molecule has 3 fully saturated rings. The van der Waals surface area contributed by atoms with Gasteiger partial charge in [0.05, 0.1) is 31.9 Å². The highest BCUT2D eigenvalue weighted by Gasteiger charge is 2.64. The number of hydrogen-bond donors (Lipinski definition) is 2. The Kier molecular flexibility index (Phi) is 5.09. The highest BCUT2D eigenvalue weighted by atomic mass is 16.7. The number of nitrogens with zero attached hydrogens (tertiary/aromatic N) is 3. The first kappa shape index (κ1) is 23.5. The van der Waals surface area contributed by atoms with Crippen LogP contribution in [0.5, 0.6) is 5.75 Å². The maximum absolute atomic E-state index is 13.6. The topological polar surface area (TPSA) is 115 Å². The van der Waals surface area contributed by atoms with Gasteiger partial charge in [-0.2, -0.15) is 5.26 Å². The largest absolute Gasteiger partial charge is 0.496 e. The van der Waals surface area contributed by atoms with Crippen LogP contribution in [-0.2, 0) is 20.7 Å². The minimum absolute atomic E-state index is 0.0577. The van der Waals surface area contributed by atoms with Crippen molar-refractivity contribution in [1.29, 1.82) is 5.26 Å². The Morgan fingerprint density at radius 1 is 1.25 bits per heavy atom. The molecule has 2 unspecified atom stereocenters. The number of fused-ring (bicyclic) bond motifs is 8. The highest BCUT2D eigenvalue weighted by Crippen LogP contribution is 2.55. The molecule has 5 aliphatic rings. The molecule has 2 bridgehead atoms. The molecule has 9 nitrogen and oxygen atoms in total. The van der Waals surface area contributed by atoms with E-state index in [1.807, 2.05) is 25.8 Å². The van der Waals surface area contributed by atoms with Crippen molar-refractivity contribution in [2.45, 2.75) is 69.4 Å². The van der Waals surface area contributed by atoms with Crippen molar-refractivity contribution < 1.29 is 29.2 Å². The first-order chi connectivity index (χ1) is 17.2. The van der Waals surface area contributed by atoms with Gasteiger partial charge in [0.25, 0.3) is 0 Å². The van der Waals surface area contributed by atoms with Crippen LogP contribution in [0, 0.1) is 25.2 Å². The van der Waals surface area contributed by atoms with Crippen LogP contribution < -0.4 is 4.74 Å². The number of ketones is 1. The number of carbonyl (C=O) groups excluding carboxylic acids is 1. The van der Waals surface area contributed by atoms with Crippen LogP contribution in [-0.4, -0.2) is 83.1 Å². The summed E-state index contributed by atoms with van der Waals surface area (Å²) in [5.74, 6) is 1.02. The van der Waals surface area contributed by atoms with E-state index in [1.165, 1.54) is 0 Å². The molecule has 6 rings (SSSR count). The molecule has 0 radical (unpaired) electrons. The number of hydrogen-bond acceptors (Lipinski definition) is 9. The number of aliphatic hydroxyl groups excluding tert-OH is 1. The molecule has 190 valence electrons. The summed E-state index contributed by atoms with van der Waals surface area (Å²) in [4.78, 5) is 17.9. The van der Waals surface area contributed by atoms with E-state index in [-0.39, 0.29) is 31.9 Å². The maximum Gasteiger partial charge on any atom is 0.231 e. The predicted octanol–water partition coefficient (Wildman–Crippen LogP) is 1.40. The summed E-state index contributed by atoms with van der Waals surface area (Å²) < 4.78 is 17.1. The summed E-state index contributed by atoms with van der Waals surface area (Å²) in [6.45, 7) is 5.27. The molecule has 0 amide bonds. The van der Waals surface area contributed by atoms with Crippen LogP contribution in [0.3, 0.4) is 0 Å². The van der Waals surface area contributed by atoms with Crippen molar-refractivity contribution in [3.8, 4) is 11.8 Å². The fourth-order valence-electron chi connectivity index (χ4n) is 7.65. The molecule has 0 aromatic heterocycles. The van der Waals surface area contributed by atoms with Gasteiger partial charge in [0.2, 0.25) is 6.79 Å². The number of nitriles is 1. The van der Waals surface area contributed by atoms with Gasteiger partial charge in [0.1, 0.15) is 11.8 Å². The monoisotopic (exact) mass is 493 g/mol. The minimum atomic E-state index is -1.86. The van der Waals surface area contributed by atoms with E-state index in [0.29, 0.717) is 29.1 Å². The molecular formula is C27H31N3O6. The minimum Gasteiger partial charge on any atom is -0.496 e. The molecule has 9 heteroatoms. The molecule has 6 atom stereocenters. The lowest BCUT2D eigenvalue weighted by Gasteiger charge is -2.62. The van der Waals surface area contributed by atoms with Gasteiger partial charge in [0.15, 0.2) is 22.9 Å². The Morgan fingerprint density at radius 3 is 2.64 bits per heavy atom. The van der Waals surface area contributed by atoms with Crippen molar-refractivity contribution in [3.63, 3.8) is 0 Å². The van der Waals surface area contributed by atoms with Gasteiger partial charge < -0.3 is 24.4 Å². The van der Waals surface area contributed by atoms with Gasteiger partial charge in [-0.3, -0.25) is 14.6 Å². The number of likely N-dealkylation sites (N-methyl/N-ethyl adjacent to an activating group) is 1. The van der Waals surface area contributed by atoms with Gasteiger partial charge in [0, 0.05) is 29.7 Å². The summed E-state index contributed by atoms with van der Waals surface area (Å²) >= 11 is 0. The SMILES string of the molecule is COc1c(C)cc2c(c1C)[C@@H]1[C@@H]3CC4(O)C(=O)C(C)=C5OCOC5=C4[C@H](CO)N3[C@@H](C#N)C(C2)N1C. The van der Waals surface area contributed by atoms with E-state index >= 15 is 0 Å². The van der Waals surface area contributed by atoms with Crippen molar-refractivity contribution in [3.05, 3.63) is 51.0 Å². The molecule has 1 aliphatic carbocycles. The fourth-order valence-corrected chi connectivity index (χ4v) is 7.65. The number of aryl methyl sites for hydroxylation is 1. The van der Waals surface area contributed by atoms with Crippen molar-refractivity contribution in [2.24, 2.45) is 0 Å². The third kappa shape index (κ3) is 2.70. The fraction of sp³-hybridized carbons (Fsp3) is 0.556. The summed E-state index contributed by atoms with van der Waals surface area (Å²) in [6.07, 6.45) is 0.747. The average molecular weight is 494 g/mol. The molecule has 36 heavy (non-hydrogen) atoms. The number of Topliss-reactive ketones (excluding diaryl/α,β-unsaturated/α-hetero) is 1. The Morgan fingerprint density at radius 2 is 1.97 bits per heavy atom. The number of ether oxygens (including phenoxy) is 3.